The number of para-hydroxylation sites is 1. The molecule has 0 aliphatic carbocycles. The number of hydrogen-bond acceptors (Lipinski definition) is 5. The van der Waals surface area contributed by atoms with Crippen LogP contribution in [-0.4, -0.2) is 20.9 Å². The number of benzene rings is 1. The number of carbonyl (C=O) groups excluding carboxylic acids is 1. The molecule has 0 unspecified atom stereocenters. The SMILES string of the molecule is Cc1nc(NC(=O)c2cccc([N+](=O)[O-])c2O)ccc1Br. The lowest BCUT2D eigenvalue weighted by molar-refractivity contribution is -0.385. The summed E-state index contributed by atoms with van der Waals surface area (Å²) < 4.78 is 0.790. The number of amides is 1. The van der Waals surface area contributed by atoms with Crippen molar-refractivity contribution in [2.24, 2.45) is 0 Å². The summed E-state index contributed by atoms with van der Waals surface area (Å²) in [6, 6.07) is 7.03. The van der Waals surface area contributed by atoms with E-state index in [0.29, 0.717) is 5.69 Å². The number of carbonyl (C=O) groups is 1. The number of anilines is 1. The van der Waals surface area contributed by atoms with Gasteiger partial charge in [-0.25, -0.2) is 4.98 Å². The lowest BCUT2D eigenvalue weighted by Gasteiger charge is -2.07. The number of phenols is 1. The van der Waals surface area contributed by atoms with Crippen molar-refractivity contribution in [2.45, 2.75) is 6.92 Å². The molecule has 2 aromatic rings. The molecule has 108 valence electrons. The van der Waals surface area contributed by atoms with Gasteiger partial charge in [-0.3, -0.25) is 14.9 Å². The molecule has 0 atom stereocenters. The summed E-state index contributed by atoms with van der Waals surface area (Å²) in [5.41, 5.74) is -0.0368. The second-order valence-corrected chi connectivity index (χ2v) is 5.00. The predicted molar refractivity (Wildman–Crippen MR) is 79.4 cm³/mol. The Kier molecular flexibility index (Phi) is 4.18. The van der Waals surface area contributed by atoms with Gasteiger partial charge in [0.2, 0.25) is 5.75 Å². The van der Waals surface area contributed by atoms with Crippen molar-refractivity contribution in [3.63, 3.8) is 0 Å². The summed E-state index contributed by atoms with van der Waals surface area (Å²) in [6.07, 6.45) is 0. The minimum atomic E-state index is -0.756. The molecular weight excluding hydrogens is 342 g/mol. The van der Waals surface area contributed by atoms with Gasteiger partial charge in [-0.15, -0.1) is 0 Å². The topological polar surface area (TPSA) is 105 Å². The first-order valence-corrected chi connectivity index (χ1v) is 6.60. The number of phenolic OH excluding ortho intramolecular Hbond substituents is 1. The molecule has 0 saturated carbocycles. The number of halogens is 1. The Balaban J connectivity index is 2.30. The van der Waals surface area contributed by atoms with E-state index in [9.17, 15) is 20.0 Å². The van der Waals surface area contributed by atoms with Crippen LogP contribution in [0.5, 0.6) is 5.75 Å². The third kappa shape index (κ3) is 3.16. The van der Waals surface area contributed by atoms with E-state index < -0.39 is 22.3 Å². The van der Waals surface area contributed by atoms with E-state index in [-0.39, 0.29) is 11.4 Å². The first-order valence-electron chi connectivity index (χ1n) is 5.81. The molecule has 1 amide bonds. The summed E-state index contributed by atoms with van der Waals surface area (Å²) in [6.45, 7) is 1.75. The number of hydrogen-bond donors (Lipinski definition) is 2. The minimum Gasteiger partial charge on any atom is -0.502 e. The molecule has 0 saturated heterocycles. The van der Waals surface area contributed by atoms with Crippen molar-refractivity contribution in [2.75, 3.05) is 5.32 Å². The lowest BCUT2D eigenvalue weighted by atomic mass is 10.1. The number of aryl methyl sites for hydroxylation is 1. The molecule has 0 bridgehead atoms. The van der Waals surface area contributed by atoms with E-state index in [0.717, 1.165) is 10.5 Å². The summed E-state index contributed by atoms with van der Waals surface area (Å²) in [4.78, 5) is 26.2. The summed E-state index contributed by atoms with van der Waals surface area (Å²) in [5, 5.41) is 23.0. The van der Waals surface area contributed by atoms with Gasteiger partial charge in [0.05, 0.1) is 16.2 Å². The largest absolute Gasteiger partial charge is 0.502 e. The van der Waals surface area contributed by atoms with Crippen LogP contribution in [0.2, 0.25) is 0 Å². The summed E-state index contributed by atoms with van der Waals surface area (Å²) in [7, 11) is 0. The monoisotopic (exact) mass is 351 g/mol. The molecule has 1 aromatic heterocycles. The van der Waals surface area contributed by atoms with Crippen LogP contribution in [0.25, 0.3) is 0 Å². The fourth-order valence-corrected chi connectivity index (χ4v) is 1.88. The third-order valence-electron chi connectivity index (χ3n) is 2.72. The average Bonchev–Trinajstić information content (AvgIpc) is 2.42. The number of aromatic hydroxyl groups is 1. The predicted octanol–water partition coefficient (Wildman–Crippen LogP) is 3.02. The van der Waals surface area contributed by atoms with E-state index >= 15 is 0 Å². The molecule has 1 aromatic carbocycles. The number of pyridine rings is 1. The number of nitrogens with zero attached hydrogens (tertiary/aromatic N) is 2. The molecule has 8 heteroatoms. The maximum absolute atomic E-state index is 12.1. The van der Waals surface area contributed by atoms with Crippen molar-refractivity contribution < 1.29 is 14.8 Å². The third-order valence-corrected chi connectivity index (χ3v) is 3.56. The quantitative estimate of drug-likeness (QED) is 0.653. The molecule has 2 N–H and O–H groups in total. The van der Waals surface area contributed by atoms with Crippen LogP contribution in [0.15, 0.2) is 34.8 Å². The van der Waals surface area contributed by atoms with Crippen LogP contribution in [0.3, 0.4) is 0 Å². The number of nitro benzene ring substituents is 1. The molecule has 1 heterocycles. The zero-order chi connectivity index (χ0) is 15.6. The number of aromatic nitrogens is 1. The van der Waals surface area contributed by atoms with Crippen LogP contribution in [0, 0.1) is 17.0 Å². The molecule has 7 nitrogen and oxygen atoms in total. The highest BCUT2D eigenvalue weighted by Crippen LogP contribution is 2.29. The fraction of sp³-hybridized carbons (Fsp3) is 0.0769. The second kappa shape index (κ2) is 5.88. The van der Waals surface area contributed by atoms with Crippen LogP contribution in [0.4, 0.5) is 11.5 Å². The van der Waals surface area contributed by atoms with E-state index in [1.54, 1.807) is 19.1 Å². The number of nitrogens with one attached hydrogen (secondary N) is 1. The molecule has 0 spiro atoms. The van der Waals surface area contributed by atoms with Crippen molar-refractivity contribution in [1.29, 1.82) is 0 Å². The number of rotatable bonds is 3. The highest BCUT2D eigenvalue weighted by atomic mass is 79.9. The van der Waals surface area contributed by atoms with Gasteiger partial charge in [0.15, 0.2) is 0 Å². The molecule has 0 radical (unpaired) electrons. The highest BCUT2D eigenvalue weighted by molar-refractivity contribution is 9.10. The van der Waals surface area contributed by atoms with Gasteiger partial charge in [0.1, 0.15) is 5.82 Å². The van der Waals surface area contributed by atoms with E-state index in [4.69, 9.17) is 0 Å². The van der Waals surface area contributed by atoms with Crippen molar-refractivity contribution >= 4 is 33.3 Å². The second-order valence-electron chi connectivity index (χ2n) is 4.15. The van der Waals surface area contributed by atoms with Gasteiger partial charge in [-0.05, 0) is 41.1 Å². The highest BCUT2D eigenvalue weighted by Gasteiger charge is 2.21. The molecule has 2 rings (SSSR count). The van der Waals surface area contributed by atoms with Crippen molar-refractivity contribution in [3.8, 4) is 5.75 Å². The van der Waals surface area contributed by atoms with Crippen LogP contribution >= 0.6 is 15.9 Å². The first-order chi connectivity index (χ1) is 9.90. The Morgan fingerprint density at radius 3 is 2.71 bits per heavy atom. The van der Waals surface area contributed by atoms with Gasteiger partial charge >= 0.3 is 5.69 Å². The van der Waals surface area contributed by atoms with Gasteiger partial charge in [0.25, 0.3) is 5.91 Å². The van der Waals surface area contributed by atoms with Crippen LogP contribution in [0.1, 0.15) is 16.1 Å². The van der Waals surface area contributed by atoms with E-state index in [1.165, 1.54) is 12.1 Å². The smallest absolute Gasteiger partial charge is 0.311 e. The minimum absolute atomic E-state index is 0.188. The fourth-order valence-electron chi connectivity index (χ4n) is 1.66. The van der Waals surface area contributed by atoms with Crippen LogP contribution in [-0.2, 0) is 0 Å². The molecular formula is C13H10BrN3O4. The number of nitro groups is 1. The van der Waals surface area contributed by atoms with Crippen molar-refractivity contribution in [3.05, 3.63) is 56.2 Å². The molecule has 0 aliphatic heterocycles. The van der Waals surface area contributed by atoms with E-state index in [2.05, 4.69) is 26.2 Å². The Labute approximate surface area is 127 Å². The zero-order valence-corrected chi connectivity index (χ0v) is 12.4. The van der Waals surface area contributed by atoms with Gasteiger partial charge in [-0.1, -0.05) is 6.07 Å². The summed E-state index contributed by atoms with van der Waals surface area (Å²) in [5.74, 6) is -1.06. The van der Waals surface area contributed by atoms with Crippen molar-refractivity contribution in [1.82, 2.24) is 4.98 Å². The zero-order valence-electron chi connectivity index (χ0n) is 10.8. The first kappa shape index (κ1) is 14.9. The van der Waals surface area contributed by atoms with Crippen LogP contribution < -0.4 is 5.32 Å². The Morgan fingerprint density at radius 2 is 2.10 bits per heavy atom. The molecule has 0 fully saturated rings. The van der Waals surface area contributed by atoms with Gasteiger partial charge in [-0.2, -0.15) is 0 Å². The lowest BCUT2D eigenvalue weighted by Crippen LogP contribution is -2.13. The maximum atomic E-state index is 12.1. The molecule has 0 aliphatic rings. The molecule has 21 heavy (non-hydrogen) atoms. The van der Waals surface area contributed by atoms with E-state index in [1.807, 2.05) is 0 Å². The summed E-state index contributed by atoms with van der Waals surface area (Å²) >= 11 is 3.29. The van der Waals surface area contributed by atoms with Gasteiger partial charge < -0.3 is 10.4 Å². The normalized spacial score (nSPS) is 10.2. The Bertz CT molecular complexity index is 733. The Hall–Kier alpha value is -2.48. The average molecular weight is 352 g/mol. The maximum Gasteiger partial charge on any atom is 0.311 e. The van der Waals surface area contributed by atoms with Gasteiger partial charge in [0, 0.05) is 10.5 Å². The Morgan fingerprint density at radius 1 is 1.38 bits per heavy atom. The standard InChI is InChI=1S/C13H10BrN3O4/c1-7-9(14)5-6-11(15-7)16-13(19)8-3-2-4-10(12(8)18)17(20)21/h2-6,18H,1H3,(H,15,16,19).